The summed E-state index contributed by atoms with van der Waals surface area (Å²) in [6, 6.07) is 4.85. The fourth-order valence-electron chi connectivity index (χ4n) is 5.76. The minimum Gasteiger partial charge on any atom is -0.388 e. The van der Waals surface area contributed by atoms with Crippen molar-refractivity contribution in [3.8, 4) is 16.5 Å². The monoisotopic (exact) mass is 625 g/mol. The van der Waals surface area contributed by atoms with E-state index in [1.165, 1.54) is 0 Å². The number of nitrogens with zero attached hydrogens (tertiary/aromatic N) is 3. The van der Waals surface area contributed by atoms with Crippen LogP contribution in [0.2, 0.25) is 0 Å². The number of nitrogens with one attached hydrogen (secondary N) is 2. The van der Waals surface area contributed by atoms with E-state index >= 15 is 4.39 Å². The Bertz CT molecular complexity index is 1470. The molecule has 11 heteroatoms. The number of aliphatic hydroxyl groups excluding tert-OH is 1. The molecule has 1 aromatic carbocycles. The highest BCUT2D eigenvalue weighted by molar-refractivity contribution is 7.13. The van der Waals surface area contributed by atoms with Crippen LogP contribution in [0, 0.1) is 34.5 Å². The van der Waals surface area contributed by atoms with Gasteiger partial charge >= 0.3 is 0 Å². The first-order valence-electron chi connectivity index (χ1n) is 15.1. The van der Waals surface area contributed by atoms with Crippen molar-refractivity contribution in [1.29, 1.82) is 5.26 Å². The number of halogens is 1. The van der Waals surface area contributed by atoms with Crippen molar-refractivity contribution < 1.29 is 23.9 Å². The lowest BCUT2D eigenvalue weighted by Crippen LogP contribution is -2.59. The van der Waals surface area contributed by atoms with E-state index in [0.29, 0.717) is 12.8 Å². The smallest absolute Gasteiger partial charge is 0.246 e. The minimum absolute atomic E-state index is 0.0559. The number of rotatable bonds is 8. The van der Waals surface area contributed by atoms with Crippen molar-refractivity contribution in [2.24, 2.45) is 16.2 Å². The molecule has 9 nitrogen and oxygen atoms in total. The molecule has 1 saturated carbocycles. The Morgan fingerprint density at radius 3 is 2.39 bits per heavy atom. The normalized spacial score (nSPS) is 22.6. The molecule has 0 bridgehead atoms. The Kier molecular flexibility index (Phi) is 9.30. The van der Waals surface area contributed by atoms with Gasteiger partial charge in [0.1, 0.15) is 23.6 Å². The van der Waals surface area contributed by atoms with Crippen LogP contribution in [0.25, 0.3) is 10.4 Å². The molecule has 5 atom stereocenters. The Morgan fingerprint density at radius 2 is 1.86 bits per heavy atom. The van der Waals surface area contributed by atoms with Gasteiger partial charge < -0.3 is 20.6 Å². The summed E-state index contributed by atoms with van der Waals surface area (Å²) in [7, 11) is 0. The lowest BCUT2D eigenvalue weighted by molar-refractivity contribution is -0.145. The summed E-state index contributed by atoms with van der Waals surface area (Å²) in [6.07, 6.45) is -2.04. The van der Waals surface area contributed by atoms with E-state index in [1.54, 1.807) is 32.1 Å². The van der Waals surface area contributed by atoms with E-state index in [0.717, 1.165) is 38.6 Å². The number of alkyl halides is 1. The number of likely N-dealkylation sites (tertiary alicyclic amines) is 1. The minimum atomic E-state index is -2.01. The van der Waals surface area contributed by atoms with Gasteiger partial charge in [0.2, 0.25) is 17.7 Å². The standard InChI is InChI=1S/C33H44FN5O4S/c1-18(22-10-9-20(26-19(2)36-17-44-26)13-21(22)14-31(3,4)5)37-28(41)25-24(34)23(40)15-39(25)29(42)27(32(6,7)8)38-30(43)33(16-35)11-12-33/h9-10,13,17-18,23-25,27,40H,11-12,14-15H2,1-8H3,(H,37,41)(H,38,43)/t18-,23-,24-,25-,27+/m0/s1. The van der Waals surface area contributed by atoms with E-state index in [2.05, 4.69) is 42.5 Å². The molecule has 0 spiro atoms. The van der Waals surface area contributed by atoms with E-state index in [9.17, 15) is 24.8 Å². The van der Waals surface area contributed by atoms with Crippen LogP contribution < -0.4 is 10.6 Å². The van der Waals surface area contributed by atoms with Crippen LogP contribution in [0.5, 0.6) is 0 Å². The zero-order chi connectivity index (χ0) is 32.8. The summed E-state index contributed by atoms with van der Waals surface area (Å²) in [4.78, 5) is 47.0. The zero-order valence-corrected chi connectivity index (χ0v) is 27.6. The topological polar surface area (TPSA) is 135 Å². The highest BCUT2D eigenvalue weighted by Gasteiger charge is 2.54. The van der Waals surface area contributed by atoms with Gasteiger partial charge in [-0.3, -0.25) is 14.4 Å². The third-order valence-electron chi connectivity index (χ3n) is 8.42. The summed E-state index contributed by atoms with van der Waals surface area (Å²) < 4.78 is 15.5. The number of aromatic nitrogens is 1. The Balaban J connectivity index is 1.59. The average molecular weight is 626 g/mol. The van der Waals surface area contributed by atoms with Crippen molar-refractivity contribution in [3.63, 3.8) is 0 Å². The lowest BCUT2D eigenvalue weighted by atomic mass is 9.84. The average Bonchev–Trinajstić information content (AvgIpc) is 3.52. The molecule has 1 aliphatic carbocycles. The second-order valence-corrected chi connectivity index (χ2v) is 15.4. The van der Waals surface area contributed by atoms with Crippen molar-refractivity contribution in [1.82, 2.24) is 20.5 Å². The highest BCUT2D eigenvalue weighted by atomic mass is 32.1. The Hall–Kier alpha value is -3.36. The van der Waals surface area contributed by atoms with Crippen LogP contribution in [0.15, 0.2) is 23.7 Å². The van der Waals surface area contributed by atoms with E-state index < -0.39 is 65.5 Å². The molecule has 0 radical (unpaired) electrons. The number of hydrogen-bond donors (Lipinski definition) is 3. The van der Waals surface area contributed by atoms with Crippen LogP contribution in [-0.2, 0) is 20.8 Å². The largest absolute Gasteiger partial charge is 0.388 e. The molecule has 3 amide bonds. The van der Waals surface area contributed by atoms with Gasteiger partial charge in [0.05, 0.1) is 34.7 Å². The number of hydrogen-bond acceptors (Lipinski definition) is 7. The molecule has 1 aromatic heterocycles. The lowest BCUT2D eigenvalue weighted by Gasteiger charge is -2.36. The third kappa shape index (κ3) is 6.97. The molecule has 44 heavy (non-hydrogen) atoms. The predicted octanol–water partition coefficient (Wildman–Crippen LogP) is 4.63. The summed E-state index contributed by atoms with van der Waals surface area (Å²) in [5.41, 5.74) is 3.66. The molecule has 4 rings (SSSR count). The van der Waals surface area contributed by atoms with E-state index in [-0.39, 0.29) is 5.41 Å². The number of carbonyl (C=O) groups is 3. The maximum absolute atomic E-state index is 15.5. The maximum atomic E-state index is 15.5. The SMILES string of the molecule is Cc1ncsc1-c1ccc([C@H](C)NC(=O)[C@@H]2[C@@H](F)[C@@H](O)CN2C(=O)[C@@H](NC(=O)C2(C#N)CC2)C(C)(C)C)c(CC(C)(C)C)c1. The third-order valence-corrected chi connectivity index (χ3v) is 9.40. The van der Waals surface area contributed by atoms with Gasteiger partial charge in [-0.2, -0.15) is 5.26 Å². The molecule has 2 heterocycles. The highest BCUT2D eigenvalue weighted by Crippen LogP contribution is 2.45. The number of β-amino-alcohol motifs (C(OH)–C–C–N with tert-alkyl or cyclic N) is 1. The van der Waals surface area contributed by atoms with Crippen molar-refractivity contribution >= 4 is 29.1 Å². The van der Waals surface area contributed by atoms with Gasteiger partial charge in [0.15, 0.2) is 6.17 Å². The maximum Gasteiger partial charge on any atom is 0.246 e. The quantitative estimate of drug-likeness (QED) is 0.392. The van der Waals surface area contributed by atoms with Crippen LogP contribution in [0.1, 0.15) is 84.2 Å². The van der Waals surface area contributed by atoms with Gasteiger partial charge in [-0.1, -0.05) is 53.7 Å². The number of amides is 3. The number of thiazole rings is 1. The molecule has 0 unspecified atom stereocenters. The van der Waals surface area contributed by atoms with Gasteiger partial charge in [-0.05, 0) is 66.7 Å². The fourth-order valence-corrected chi connectivity index (χ4v) is 6.56. The molecule has 2 aliphatic rings. The van der Waals surface area contributed by atoms with Crippen LogP contribution in [-0.4, -0.2) is 63.6 Å². The van der Waals surface area contributed by atoms with Gasteiger partial charge in [0.25, 0.3) is 0 Å². The van der Waals surface area contributed by atoms with Crippen molar-refractivity contribution in [2.45, 2.75) is 105 Å². The molecular weight excluding hydrogens is 581 g/mol. The van der Waals surface area contributed by atoms with Crippen LogP contribution in [0.4, 0.5) is 4.39 Å². The van der Waals surface area contributed by atoms with Crippen LogP contribution >= 0.6 is 11.3 Å². The number of carbonyl (C=O) groups excluding carboxylic acids is 3. The van der Waals surface area contributed by atoms with E-state index in [1.807, 2.05) is 37.6 Å². The zero-order valence-electron chi connectivity index (χ0n) is 26.8. The predicted molar refractivity (Wildman–Crippen MR) is 167 cm³/mol. The first kappa shape index (κ1) is 33.5. The van der Waals surface area contributed by atoms with Crippen molar-refractivity contribution in [3.05, 3.63) is 40.5 Å². The van der Waals surface area contributed by atoms with Crippen LogP contribution in [0.3, 0.4) is 0 Å². The summed E-state index contributed by atoms with van der Waals surface area (Å²) in [5, 5.41) is 25.5. The van der Waals surface area contributed by atoms with Gasteiger partial charge in [-0.25, -0.2) is 9.37 Å². The number of aliphatic hydroxyl groups is 1. The summed E-state index contributed by atoms with van der Waals surface area (Å²) in [5.74, 6) is -1.96. The Morgan fingerprint density at radius 1 is 1.20 bits per heavy atom. The van der Waals surface area contributed by atoms with E-state index in [4.69, 9.17) is 0 Å². The van der Waals surface area contributed by atoms with Crippen molar-refractivity contribution in [2.75, 3.05) is 6.54 Å². The molecule has 238 valence electrons. The molecule has 2 aromatic rings. The number of aryl methyl sites for hydroxylation is 1. The number of benzene rings is 1. The first-order chi connectivity index (χ1) is 20.4. The second kappa shape index (κ2) is 12.2. The fraction of sp³-hybridized carbons (Fsp3) is 0.606. The summed E-state index contributed by atoms with van der Waals surface area (Å²) >= 11 is 1.56. The first-order valence-corrected chi connectivity index (χ1v) is 15.9. The summed E-state index contributed by atoms with van der Waals surface area (Å²) in [6.45, 7) is 15.0. The molecular formula is C33H44FN5O4S. The molecule has 2 fully saturated rings. The van der Waals surface area contributed by atoms with Gasteiger partial charge in [-0.15, -0.1) is 11.3 Å². The molecule has 1 aliphatic heterocycles. The number of nitriles is 1. The molecule has 1 saturated heterocycles. The van der Waals surface area contributed by atoms with Gasteiger partial charge in [0, 0.05) is 0 Å². The second-order valence-electron chi connectivity index (χ2n) is 14.6. The molecule has 3 N–H and O–H groups in total. The Labute approximate surface area is 263 Å².